The summed E-state index contributed by atoms with van der Waals surface area (Å²) < 4.78 is 25.0. The minimum absolute atomic E-state index is 0.000883. The minimum Gasteiger partial charge on any atom is -0.480 e. The summed E-state index contributed by atoms with van der Waals surface area (Å²) in [6.45, 7) is 12.1. The van der Waals surface area contributed by atoms with Gasteiger partial charge in [-0.15, -0.1) is 0 Å². The number of nitrogens with zero attached hydrogens (tertiary/aromatic N) is 1. The molecule has 1 aliphatic heterocycles. The maximum atomic E-state index is 14.5. The van der Waals surface area contributed by atoms with Gasteiger partial charge in [-0.2, -0.15) is 0 Å². The molecule has 1 aliphatic carbocycles. The highest BCUT2D eigenvalue weighted by Crippen LogP contribution is 2.39. The number of alkyl halides is 1. The lowest BCUT2D eigenvalue weighted by Gasteiger charge is -2.31. The fourth-order valence-electron chi connectivity index (χ4n) is 5.17. The number of carbonyl (C=O) groups is 4. The van der Waals surface area contributed by atoms with Crippen LogP contribution in [0, 0.1) is 11.2 Å². The fraction of sp³-hybridized carbons (Fsp3) is 0.500. The highest BCUT2D eigenvalue weighted by molar-refractivity contribution is 9.10. The number of hydrogen-bond acceptors (Lipinski definition) is 6. The molecule has 1 heterocycles. The molecular formula is C36H45BrClFN2O6. The van der Waals surface area contributed by atoms with E-state index in [4.69, 9.17) is 21.1 Å². The van der Waals surface area contributed by atoms with Crippen LogP contribution in [0.5, 0.6) is 5.75 Å². The summed E-state index contributed by atoms with van der Waals surface area (Å²) in [5, 5.41) is 3.03. The Bertz CT molecular complexity index is 1460. The number of amides is 3. The summed E-state index contributed by atoms with van der Waals surface area (Å²) in [4.78, 5) is 50.0. The number of benzene rings is 2. The first kappa shape index (κ1) is 38.2. The molecule has 1 N–H and O–H groups in total. The van der Waals surface area contributed by atoms with Crippen LogP contribution in [0.25, 0.3) is 0 Å². The van der Waals surface area contributed by atoms with Crippen LogP contribution in [0.1, 0.15) is 92.1 Å². The molecule has 1 unspecified atom stereocenters. The number of carbonyl (C=O) groups excluding carboxylic acids is 4. The molecular weight excluding hydrogens is 691 g/mol. The number of unbranched alkanes of at least 4 members (excludes halogenated alkanes) is 2. The van der Waals surface area contributed by atoms with Crippen molar-refractivity contribution < 1.29 is 33.0 Å². The molecule has 2 aromatic carbocycles. The Kier molecular flexibility index (Phi) is 13.6. The molecule has 11 heteroatoms. The van der Waals surface area contributed by atoms with Gasteiger partial charge in [0.05, 0.1) is 27.7 Å². The Balaban J connectivity index is 0.000000287. The van der Waals surface area contributed by atoms with E-state index < -0.39 is 30.2 Å². The van der Waals surface area contributed by atoms with Gasteiger partial charge in [-0.05, 0) is 63.0 Å². The highest BCUT2D eigenvalue weighted by Gasteiger charge is 2.41. The Morgan fingerprint density at radius 2 is 1.60 bits per heavy atom. The molecule has 0 saturated carbocycles. The highest BCUT2D eigenvalue weighted by atomic mass is 79.9. The molecule has 0 radical (unpaired) electrons. The first-order chi connectivity index (χ1) is 22.1. The molecule has 0 spiro atoms. The largest absolute Gasteiger partial charge is 0.480 e. The van der Waals surface area contributed by atoms with Crippen molar-refractivity contribution >= 4 is 56.9 Å². The van der Waals surface area contributed by atoms with Crippen molar-refractivity contribution in [2.24, 2.45) is 5.41 Å². The Hall–Kier alpha value is -3.24. The van der Waals surface area contributed by atoms with Gasteiger partial charge in [-0.25, -0.2) is 14.1 Å². The van der Waals surface area contributed by atoms with Crippen molar-refractivity contribution in [3.63, 3.8) is 0 Å². The molecule has 0 saturated heterocycles. The van der Waals surface area contributed by atoms with Crippen LogP contribution in [-0.2, 0) is 29.5 Å². The van der Waals surface area contributed by atoms with Gasteiger partial charge in [0.1, 0.15) is 11.6 Å². The van der Waals surface area contributed by atoms with Crippen molar-refractivity contribution in [1.82, 2.24) is 5.32 Å². The zero-order valence-electron chi connectivity index (χ0n) is 28.0. The predicted molar refractivity (Wildman–Crippen MR) is 185 cm³/mol. The predicted octanol–water partition coefficient (Wildman–Crippen LogP) is 8.18. The third-order valence-electron chi connectivity index (χ3n) is 7.91. The molecule has 47 heavy (non-hydrogen) atoms. The van der Waals surface area contributed by atoms with Crippen LogP contribution >= 0.6 is 27.5 Å². The standard InChI is InChI=1S/C21H23ClFNO5.C15H22BrNO/c1-2-3-6-9-28-19(25)12-29-18-11-17(16(23)10-15(18)22)24-20(26)13-7-4-5-8-14(13)21(24)27;1-14(2,3)12(16)13(18)17-15(4,5)11-9-7-6-8-10-11/h10-11H,2-9,12H2,1H3;6-10,12H,1-5H3,(H,17,18). The zero-order valence-corrected chi connectivity index (χ0v) is 30.4. The number of hydrogen-bond donors (Lipinski definition) is 1. The summed E-state index contributed by atoms with van der Waals surface area (Å²) in [6.07, 6.45) is 5.40. The monoisotopic (exact) mass is 734 g/mol. The maximum absolute atomic E-state index is 14.5. The fourth-order valence-corrected chi connectivity index (χ4v) is 5.49. The van der Waals surface area contributed by atoms with Gasteiger partial charge in [0.2, 0.25) is 5.91 Å². The van der Waals surface area contributed by atoms with E-state index in [0.717, 1.165) is 48.6 Å². The van der Waals surface area contributed by atoms with E-state index in [0.29, 0.717) is 30.6 Å². The summed E-state index contributed by atoms with van der Waals surface area (Å²) in [5.41, 5.74) is 1.31. The second-order valence-corrected chi connectivity index (χ2v) is 14.6. The summed E-state index contributed by atoms with van der Waals surface area (Å²) in [5.74, 6) is -2.38. The van der Waals surface area contributed by atoms with Crippen LogP contribution in [0.15, 0.2) is 53.6 Å². The number of halogens is 3. The normalized spacial score (nSPS) is 15.5. The van der Waals surface area contributed by atoms with Crippen LogP contribution in [-0.4, -0.2) is 41.7 Å². The van der Waals surface area contributed by atoms with Gasteiger partial charge in [0.15, 0.2) is 6.61 Å². The van der Waals surface area contributed by atoms with E-state index in [2.05, 4.69) is 21.2 Å². The number of nitrogens with one attached hydrogen (secondary N) is 1. The summed E-state index contributed by atoms with van der Waals surface area (Å²) in [7, 11) is 0. The Labute approximate surface area is 290 Å². The molecule has 0 bridgehead atoms. The van der Waals surface area contributed by atoms with E-state index >= 15 is 0 Å². The zero-order chi connectivity index (χ0) is 34.9. The first-order valence-corrected chi connectivity index (χ1v) is 17.3. The number of imide groups is 1. The smallest absolute Gasteiger partial charge is 0.344 e. The topological polar surface area (TPSA) is 102 Å². The average Bonchev–Trinajstić information content (AvgIpc) is 3.28. The lowest BCUT2D eigenvalue weighted by atomic mass is 9.89. The van der Waals surface area contributed by atoms with Crippen molar-refractivity contribution in [2.45, 2.75) is 96.9 Å². The van der Waals surface area contributed by atoms with Crippen LogP contribution in [0.3, 0.4) is 0 Å². The van der Waals surface area contributed by atoms with Gasteiger partial charge < -0.3 is 14.8 Å². The van der Waals surface area contributed by atoms with E-state index in [1.54, 1.807) is 0 Å². The molecule has 256 valence electrons. The van der Waals surface area contributed by atoms with Gasteiger partial charge in [0.25, 0.3) is 11.8 Å². The number of esters is 1. The van der Waals surface area contributed by atoms with Crippen LogP contribution < -0.4 is 15.0 Å². The van der Waals surface area contributed by atoms with Crippen molar-refractivity contribution in [1.29, 1.82) is 0 Å². The van der Waals surface area contributed by atoms with E-state index in [1.807, 2.05) is 71.9 Å². The number of anilines is 1. The Morgan fingerprint density at radius 1 is 1.00 bits per heavy atom. The lowest BCUT2D eigenvalue weighted by Crippen LogP contribution is -2.47. The SMILES string of the molecule is CC(C)(NC(=O)C(Br)C(C)(C)C)c1ccccc1.CCCCCOC(=O)COc1cc(N2C(=O)C3=C(CCCC3)C2=O)c(F)cc1Cl. The third kappa shape index (κ3) is 10.1. The van der Waals surface area contributed by atoms with Gasteiger partial charge in [-0.3, -0.25) is 14.4 Å². The number of ether oxygens (including phenoxy) is 2. The summed E-state index contributed by atoms with van der Waals surface area (Å²) in [6, 6.07) is 12.1. The molecule has 1 atom stereocenters. The molecule has 0 aromatic heterocycles. The second-order valence-electron chi connectivity index (χ2n) is 13.3. The van der Waals surface area contributed by atoms with Gasteiger partial charge in [0, 0.05) is 17.2 Å². The second kappa shape index (κ2) is 16.7. The van der Waals surface area contributed by atoms with Crippen molar-refractivity contribution in [2.75, 3.05) is 18.1 Å². The Morgan fingerprint density at radius 3 is 2.15 bits per heavy atom. The van der Waals surface area contributed by atoms with Crippen molar-refractivity contribution in [3.05, 3.63) is 70.0 Å². The molecule has 4 rings (SSSR count). The third-order valence-corrected chi connectivity index (χ3v) is 10.00. The van der Waals surface area contributed by atoms with Crippen molar-refractivity contribution in [3.8, 4) is 5.75 Å². The van der Waals surface area contributed by atoms with Gasteiger partial charge >= 0.3 is 5.97 Å². The van der Waals surface area contributed by atoms with E-state index in [9.17, 15) is 23.6 Å². The molecule has 3 amide bonds. The van der Waals surface area contributed by atoms with Gasteiger partial charge in [-0.1, -0.05) is 98.4 Å². The summed E-state index contributed by atoms with van der Waals surface area (Å²) >= 11 is 9.49. The van der Waals surface area contributed by atoms with Crippen LogP contribution in [0.4, 0.5) is 10.1 Å². The molecule has 8 nitrogen and oxygen atoms in total. The quantitative estimate of drug-likeness (QED) is 0.108. The lowest BCUT2D eigenvalue weighted by molar-refractivity contribution is -0.146. The molecule has 2 aliphatic rings. The van der Waals surface area contributed by atoms with E-state index in [-0.39, 0.29) is 38.1 Å². The maximum Gasteiger partial charge on any atom is 0.344 e. The average molecular weight is 736 g/mol. The molecule has 0 fully saturated rings. The molecule has 2 aromatic rings. The number of rotatable bonds is 11. The van der Waals surface area contributed by atoms with E-state index in [1.165, 1.54) is 6.07 Å². The minimum atomic E-state index is -0.814. The van der Waals surface area contributed by atoms with Crippen LogP contribution in [0.2, 0.25) is 5.02 Å². The first-order valence-electron chi connectivity index (χ1n) is 16.0.